The van der Waals surface area contributed by atoms with E-state index < -0.39 is 10.0 Å². The molecular formula is C23H29N3O5S. The average Bonchev–Trinajstić information content (AvgIpc) is 2.72. The van der Waals surface area contributed by atoms with Gasteiger partial charge in [0.25, 0.3) is 5.91 Å². The zero-order valence-electron chi connectivity index (χ0n) is 18.6. The lowest BCUT2D eigenvalue weighted by Gasteiger charge is -2.35. The van der Waals surface area contributed by atoms with Crippen molar-refractivity contribution in [2.75, 3.05) is 32.7 Å². The Morgan fingerprint density at radius 1 is 0.969 bits per heavy atom. The van der Waals surface area contributed by atoms with Crippen LogP contribution in [0.15, 0.2) is 41.3 Å². The normalized spacial score (nSPS) is 14.5. The highest BCUT2D eigenvalue weighted by atomic mass is 32.2. The number of nitrogens with zero attached hydrogens (tertiary/aromatic N) is 2. The van der Waals surface area contributed by atoms with Gasteiger partial charge in [0.1, 0.15) is 5.75 Å². The van der Waals surface area contributed by atoms with Crippen molar-refractivity contribution in [3.05, 3.63) is 58.7 Å². The summed E-state index contributed by atoms with van der Waals surface area (Å²) in [7, 11) is -3.72. The van der Waals surface area contributed by atoms with Crippen LogP contribution in [0.1, 0.15) is 33.5 Å². The maximum Gasteiger partial charge on any atom is 0.257 e. The minimum absolute atomic E-state index is 0.00492. The minimum atomic E-state index is -3.72. The third-order valence-electron chi connectivity index (χ3n) is 5.56. The van der Waals surface area contributed by atoms with Crippen molar-refractivity contribution in [3.63, 3.8) is 0 Å². The van der Waals surface area contributed by atoms with E-state index >= 15 is 0 Å². The number of phenols is 1. The van der Waals surface area contributed by atoms with Crippen LogP contribution in [-0.2, 0) is 14.8 Å². The molecule has 0 spiro atoms. The van der Waals surface area contributed by atoms with Crippen LogP contribution in [0.4, 0.5) is 0 Å². The van der Waals surface area contributed by atoms with Crippen LogP contribution >= 0.6 is 0 Å². The Morgan fingerprint density at radius 2 is 1.53 bits per heavy atom. The van der Waals surface area contributed by atoms with E-state index in [1.54, 1.807) is 41.8 Å². The van der Waals surface area contributed by atoms with Gasteiger partial charge in [0, 0.05) is 39.1 Å². The summed E-state index contributed by atoms with van der Waals surface area (Å²) in [4.78, 5) is 28.6. The van der Waals surface area contributed by atoms with E-state index in [4.69, 9.17) is 0 Å². The van der Waals surface area contributed by atoms with E-state index in [1.165, 1.54) is 6.07 Å². The fourth-order valence-corrected chi connectivity index (χ4v) is 5.58. The zero-order valence-corrected chi connectivity index (χ0v) is 19.4. The van der Waals surface area contributed by atoms with Crippen molar-refractivity contribution >= 4 is 21.8 Å². The molecule has 32 heavy (non-hydrogen) atoms. The van der Waals surface area contributed by atoms with Gasteiger partial charge in [-0.25, -0.2) is 13.1 Å². The van der Waals surface area contributed by atoms with Crippen LogP contribution < -0.4 is 4.72 Å². The van der Waals surface area contributed by atoms with Crippen molar-refractivity contribution in [1.29, 1.82) is 0 Å². The summed E-state index contributed by atoms with van der Waals surface area (Å²) in [5.41, 5.74) is 2.58. The first-order valence-corrected chi connectivity index (χ1v) is 12.0. The molecule has 0 saturated carbocycles. The van der Waals surface area contributed by atoms with Crippen LogP contribution in [-0.4, -0.2) is 67.9 Å². The summed E-state index contributed by atoms with van der Waals surface area (Å²) in [5, 5.41) is 9.88. The van der Waals surface area contributed by atoms with Crippen molar-refractivity contribution < 1.29 is 23.1 Å². The molecule has 3 rings (SSSR count). The minimum Gasteiger partial charge on any atom is -0.507 e. The number of amides is 2. The molecule has 0 atom stereocenters. The smallest absolute Gasteiger partial charge is 0.257 e. The number of para-hydroxylation sites is 1. The fourth-order valence-electron chi connectivity index (χ4n) is 4.10. The molecule has 1 aliphatic heterocycles. The summed E-state index contributed by atoms with van der Waals surface area (Å²) >= 11 is 0. The highest BCUT2D eigenvalue weighted by Gasteiger charge is 2.26. The molecule has 0 radical (unpaired) electrons. The van der Waals surface area contributed by atoms with Crippen molar-refractivity contribution in [2.24, 2.45) is 0 Å². The first-order chi connectivity index (χ1) is 15.1. The van der Waals surface area contributed by atoms with Gasteiger partial charge >= 0.3 is 0 Å². The molecule has 0 aromatic heterocycles. The van der Waals surface area contributed by atoms with Gasteiger partial charge in [-0.05, 0) is 44.0 Å². The number of carbonyl (C=O) groups excluding carboxylic acids is 2. The topological polar surface area (TPSA) is 107 Å². The first kappa shape index (κ1) is 23.7. The molecule has 8 nitrogen and oxygen atoms in total. The van der Waals surface area contributed by atoms with Crippen LogP contribution in [0.3, 0.4) is 0 Å². The average molecular weight is 460 g/mol. The SMILES string of the molecule is Cc1cc(C)c(S(=O)(=O)NCCC(=O)N2CCN(C(=O)c3ccccc3O)CC2)c(C)c1. The number of benzene rings is 2. The molecule has 2 amide bonds. The lowest BCUT2D eigenvalue weighted by molar-refractivity contribution is -0.132. The lowest BCUT2D eigenvalue weighted by atomic mass is 10.1. The number of hydrogen-bond donors (Lipinski definition) is 2. The van der Waals surface area contributed by atoms with Gasteiger partial charge < -0.3 is 14.9 Å². The zero-order chi connectivity index (χ0) is 23.5. The molecule has 1 aliphatic rings. The molecule has 2 aromatic rings. The summed E-state index contributed by atoms with van der Waals surface area (Å²) in [6, 6.07) is 10.0. The van der Waals surface area contributed by atoms with Crippen molar-refractivity contribution in [3.8, 4) is 5.75 Å². The predicted molar refractivity (Wildman–Crippen MR) is 121 cm³/mol. The molecule has 0 bridgehead atoms. The highest BCUT2D eigenvalue weighted by Crippen LogP contribution is 2.22. The van der Waals surface area contributed by atoms with E-state index in [1.807, 2.05) is 19.1 Å². The largest absolute Gasteiger partial charge is 0.507 e. The number of aromatic hydroxyl groups is 1. The maximum absolute atomic E-state index is 12.7. The molecule has 0 aliphatic carbocycles. The second kappa shape index (κ2) is 9.70. The number of sulfonamides is 1. The van der Waals surface area contributed by atoms with Gasteiger partial charge in [-0.1, -0.05) is 29.8 Å². The maximum atomic E-state index is 12.7. The fraction of sp³-hybridized carbons (Fsp3) is 0.391. The third-order valence-corrected chi connectivity index (χ3v) is 7.32. The van der Waals surface area contributed by atoms with Crippen LogP contribution in [0.2, 0.25) is 0 Å². The van der Waals surface area contributed by atoms with Crippen LogP contribution in [0.25, 0.3) is 0 Å². The second-order valence-corrected chi connectivity index (χ2v) is 9.77. The second-order valence-electron chi connectivity index (χ2n) is 8.07. The van der Waals surface area contributed by atoms with E-state index in [9.17, 15) is 23.1 Å². The summed E-state index contributed by atoms with van der Waals surface area (Å²) in [6.07, 6.45) is 0.0383. The number of carbonyl (C=O) groups is 2. The summed E-state index contributed by atoms with van der Waals surface area (Å²) in [6.45, 7) is 6.87. The molecule has 9 heteroatoms. The van der Waals surface area contributed by atoms with Gasteiger partial charge in [-0.2, -0.15) is 0 Å². The first-order valence-electron chi connectivity index (χ1n) is 10.5. The Morgan fingerprint density at radius 3 is 2.12 bits per heavy atom. The molecule has 1 saturated heterocycles. The number of phenolic OH excluding ortho intramolecular Hbond substituents is 1. The molecular weight excluding hydrogens is 430 g/mol. The highest BCUT2D eigenvalue weighted by molar-refractivity contribution is 7.89. The molecule has 0 unspecified atom stereocenters. The van der Waals surface area contributed by atoms with Gasteiger partial charge in [-0.15, -0.1) is 0 Å². The Kier molecular flexibility index (Phi) is 7.20. The van der Waals surface area contributed by atoms with Crippen molar-refractivity contribution in [1.82, 2.24) is 14.5 Å². The quantitative estimate of drug-likeness (QED) is 0.687. The Labute approximate surface area is 188 Å². The van der Waals surface area contributed by atoms with Crippen LogP contribution in [0.5, 0.6) is 5.75 Å². The standard InChI is InChI=1S/C23H29N3O5S/c1-16-14-17(2)22(18(3)15-16)32(30,31)24-9-8-21(28)25-10-12-26(13-11-25)23(29)19-6-4-5-7-20(19)27/h4-7,14-15,24,27H,8-13H2,1-3H3. The predicted octanol–water partition coefficient (Wildman–Crippen LogP) is 1.97. The lowest BCUT2D eigenvalue weighted by Crippen LogP contribution is -2.51. The molecule has 1 fully saturated rings. The van der Waals surface area contributed by atoms with E-state index in [2.05, 4.69) is 4.72 Å². The Hall–Kier alpha value is -2.91. The Balaban J connectivity index is 1.52. The third kappa shape index (κ3) is 5.28. The van der Waals surface area contributed by atoms with Crippen molar-refractivity contribution in [2.45, 2.75) is 32.1 Å². The van der Waals surface area contributed by atoms with E-state index in [0.29, 0.717) is 37.3 Å². The number of aryl methyl sites for hydroxylation is 3. The van der Waals surface area contributed by atoms with Crippen LogP contribution in [0, 0.1) is 20.8 Å². The molecule has 1 heterocycles. The number of nitrogens with one attached hydrogen (secondary N) is 1. The molecule has 172 valence electrons. The summed E-state index contributed by atoms with van der Waals surface area (Å²) in [5.74, 6) is -0.506. The van der Waals surface area contributed by atoms with Gasteiger partial charge in [0.2, 0.25) is 15.9 Å². The number of rotatable bonds is 6. The van der Waals surface area contributed by atoms with E-state index in [-0.39, 0.29) is 41.0 Å². The Bertz CT molecular complexity index is 1100. The number of hydrogen-bond acceptors (Lipinski definition) is 5. The monoisotopic (exact) mass is 459 g/mol. The summed E-state index contributed by atoms with van der Waals surface area (Å²) < 4.78 is 28.0. The number of piperazine rings is 1. The molecule has 2 aromatic carbocycles. The van der Waals surface area contributed by atoms with E-state index in [0.717, 1.165) is 5.56 Å². The van der Waals surface area contributed by atoms with Gasteiger partial charge in [0.05, 0.1) is 10.5 Å². The van der Waals surface area contributed by atoms with Gasteiger partial charge in [0.15, 0.2) is 0 Å². The van der Waals surface area contributed by atoms with Gasteiger partial charge in [-0.3, -0.25) is 9.59 Å². The molecule has 2 N–H and O–H groups in total.